The molecule has 0 aliphatic heterocycles. The molecule has 7 nitrogen and oxygen atoms in total. The van der Waals surface area contributed by atoms with Crippen LogP contribution in [0.25, 0.3) is 32.8 Å². The number of pyridine rings is 1. The number of benzene rings is 1. The topological polar surface area (TPSA) is 94.0 Å². The lowest BCUT2D eigenvalue weighted by molar-refractivity contribution is 0.580. The summed E-state index contributed by atoms with van der Waals surface area (Å²) in [5.41, 5.74) is 3.52. The molecule has 3 heterocycles. The van der Waals surface area contributed by atoms with Gasteiger partial charge in [-0.15, -0.1) is 0 Å². The summed E-state index contributed by atoms with van der Waals surface area (Å²) >= 11 is 1.52. The van der Waals surface area contributed by atoms with Crippen LogP contribution in [0.15, 0.2) is 76.6 Å². The summed E-state index contributed by atoms with van der Waals surface area (Å²) in [5.74, 6) is -0.206. The summed E-state index contributed by atoms with van der Waals surface area (Å²) in [6.45, 7) is 0.245. The molecule has 1 N–H and O–H groups in total. The Morgan fingerprint density at radius 1 is 1.00 bits per heavy atom. The zero-order valence-electron chi connectivity index (χ0n) is 17.7. The standard InChI is InChI=1S/C24H20N4O3S2/c1-28-13-20(12-26-28)19-9-22-23(25-11-19)5-4-18-3-2-16(8-21(18)24(22)29)15-33(30,31)27-10-17-6-7-32-14-17/h2-9,11-14,27H,10,15H2,1H3. The Morgan fingerprint density at radius 2 is 1.85 bits per heavy atom. The van der Waals surface area contributed by atoms with Crippen LogP contribution in [-0.4, -0.2) is 23.2 Å². The Bertz CT molecular complexity index is 1640. The predicted octanol–water partition coefficient (Wildman–Crippen LogP) is 3.83. The van der Waals surface area contributed by atoms with Gasteiger partial charge in [-0.05, 0) is 51.5 Å². The molecule has 5 rings (SSSR count). The molecule has 0 bridgehead atoms. The smallest absolute Gasteiger partial charge is 0.216 e. The maximum Gasteiger partial charge on any atom is 0.216 e. The first kappa shape index (κ1) is 21.4. The second kappa shape index (κ2) is 8.51. The van der Waals surface area contributed by atoms with E-state index >= 15 is 0 Å². The summed E-state index contributed by atoms with van der Waals surface area (Å²) in [7, 11) is -1.73. The van der Waals surface area contributed by atoms with E-state index in [9.17, 15) is 13.2 Å². The van der Waals surface area contributed by atoms with E-state index in [-0.39, 0.29) is 17.7 Å². The third-order valence-electron chi connectivity index (χ3n) is 5.42. The summed E-state index contributed by atoms with van der Waals surface area (Å²) < 4.78 is 29.5. The maximum atomic E-state index is 13.5. The van der Waals surface area contributed by atoms with Crippen molar-refractivity contribution in [1.82, 2.24) is 19.5 Å². The van der Waals surface area contributed by atoms with E-state index in [1.54, 1.807) is 35.3 Å². The van der Waals surface area contributed by atoms with Gasteiger partial charge in [-0.1, -0.05) is 18.2 Å². The number of aromatic nitrogens is 3. The van der Waals surface area contributed by atoms with Crippen molar-refractivity contribution in [3.05, 3.63) is 93.2 Å². The predicted molar refractivity (Wildman–Crippen MR) is 132 cm³/mol. The lowest BCUT2D eigenvalue weighted by Crippen LogP contribution is -2.24. The van der Waals surface area contributed by atoms with Crippen molar-refractivity contribution in [2.45, 2.75) is 12.3 Å². The van der Waals surface area contributed by atoms with Crippen molar-refractivity contribution in [3.8, 4) is 11.1 Å². The Hall–Kier alpha value is -3.40. The summed E-state index contributed by atoms with van der Waals surface area (Å²) in [4.78, 5) is 17.9. The number of nitrogens with one attached hydrogen (secondary N) is 1. The molecule has 0 saturated heterocycles. The minimum absolute atomic E-state index is 0.186. The average molecular weight is 477 g/mol. The van der Waals surface area contributed by atoms with Gasteiger partial charge in [0.05, 0.1) is 17.5 Å². The van der Waals surface area contributed by atoms with Crippen LogP contribution in [0.5, 0.6) is 0 Å². The molecule has 33 heavy (non-hydrogen) atoms. The Balaban J connectivity index is 1.54. The molecule has 2 aromatic carbocycles. The Morgan fingerprint density at radius 3 is 2.61 bits per heavy atom. The van der Waals surface area contributed by atoms with Crippen LogP contribution in [0, 0.1) is 0 Å². The summed E-state index contributed by atoms with van der Waals surface area (Å²) in [6.07, 6.45) is 5.31. The summed E-state index contributed by atoms with van der Waals surface area (Å²) in [5, 5.41) is 9.65. The van der Waals surface area contributed by atoms with E-state index in [0.29, 0.717) is 21.9 Å². The molecule has 0 amide bonds. The molecule has 0 saturated carbocycles. The van der Waals surface area contributed by atoms with Crippen molar-refractivity contribution in [3.63, 3.8) is 0 Å². The number of hydrogen-bond donors (Lipinski definition) is 1. The van der Waals surface area contributed by atoms with Crippen molar-refractivity contribution < 1.29 is 8.42 Å². The first-order valence-corrected chi connectivity index (χ1v) is 12.8. The molecule has 0 aliphatic rings. The van der Waals surface area contributed by atoms with Crippen LogP contribution in [0.4, 0.5) is 0 Å². The Kier molecular flexibility index (Phi) is 5.53. The van der Waals surface area contributed by atoms with Gasteiger partial charge in [0, 0.05) is 47.9 Å². The molecule has 0 unspecified atom stereocenters. The van der Waals surface area contributed by atoms with E-state index in [2.05, 4.69) is 14.8 Å². The van der Waals surface area contributed by atoms with E-state index in [4.69, 9.17) is 0 Å². The second-order valence-corrected chi connectivity index (χ2v) is 10.4. The number of thiophene rings is 1. The van der Waals surface area contributed by atoms with Crippen LogP contribution in [0.2, 0.25) is 0 Å². The number of fused-ring (bicyclic) bond motifs is 2. The maximum absolute atomic E-state index is 13.5. The molecule has 0 radical (unpaired) electrons. The van der Waals surface area contributed by atoms with E-state index in [1.165, 1.54) is 11.3 Å². The Labute approximate surface area is 194 Å². The van der Waals surface area contributed by atoms with Crippen LogP contribution < -0.4 is 10.2 Å². The molecular formula is C24H20N4O3S2. The lowest BCUT2D eigenvalue weighted by Gasteiger charge is -2.06. The van der Waals surface area contributed by atoms with Crippen LogP contribution in [0.1, 0.15) is 11.1 Å². The van der Waals surface area contributed by atoms with Gasteiger partial charge in [-0.2, -0.15) is 16.4 Å². The highest BCUT2D eigenvalue weighted by Crippen LogP contribution is 2.22. The zero-order chi connectivity index (χ0) is 23.0. The zero-order valence-corrected chi connectivity index (χ0v) is 19.4. The monoisotopic (exact) mass is 476 g/mol. The number of sulfonamides is 1. The van der Waals surface area contributed by atoms with Crippen LogP contribution >= 0.6 is 11.3 Å². The fourth-order valence-electron chi connectivity index (χ4n) is 3.72. The van der Waals surface area contributed by atoms with Crippen molar-refractivity contribution >= 4 is 43.0 Å². The molecule has 0 fully saturated rings. The van der Waals surface area contributed by atoms with Crippen molar-refractivity contribution in [1.29, 1.82) is 0 Å². The molecule has 0 spiro atoms. The molecule has 5 aromatic rings. The van der Waals surface area contributed by atoms with Gasteiger partial charge in [0.25, 0.3) is 0 Å². The van der Waals surface area contributed by atoms with Gasteiger partial charge in [0.1, 0.15) is 0 Å². The van der Waals surface area contributed by atoms with Gasteiger partial charge in [-0.3, -0.25) is 14.5 Å². The fourth-order valence-corrected chi connectivity index (χ4v) is 5.50. The number of aryl methyl sites for hydroxylation is 1. The van der Waals surface area contributed by atoms with Gasteiger partial charge in [0.15, 0.2) is 5.43 Å². The number of rotatable bonds is 6. The SMILES string of the molecule is Cn1cc(-c2cnc3ccc4ccc(CS(=O)(=O)NCc5ccsc5)cc4c(=O)c3c2)cn1. The average Bonchev–Trinajstić information content (AvgIpc) is 3.45. The van der Waals surface area contributed by atoms with E-state index in [1.807, 2.05) is 48.3 Å². The highest BCUT2D eigenvalue weighted by atomic mass is 32.2. The van der Waals surface area contributed by atoms with Crippen molar-refractivity contribution in [2.75, 3.05) is 0 Å². The summed E-state index contributed by atoms with van der Waals surface area (Å²) in [6, 6.07) is 12.5. The second-order valence-electron chi connectivity index (χ2n) is 7.86. The lowest BCUT2D eigenvalue weighted by atomic mass is 10.1. The minimum Gasteiger partial charge on any atom is -0.289 e. The van der Waals surface area contributed by atoms with E-state index < -0.39 is 10.0 Å². The molecule has 3 aromatic heterocycles. The first-order valence-electron chi connectivity index (χ1n) is 10.2. The molecule has 0 aliphatic carbocycles. The van der Waals surface area contributed by atoms with Gasteiger partial charge in [-0.25, -0.2) is 13.1 Å². The molecule has 166 valence electrons. The van der Waals surface area contributed by atoms with Gasteiger partial charge >= 0.3 is 0 Å². The van der Waals surface area contributed by atoms with E-state index in [0.717, 1.165) is 22.1 Å². The molecule has 0 atom stereocenters. The highest BCUT2D eigenvalue weighted by molar-refractivity contribution is 7.88. The number of hydrogen-bond acceptors (Lipinski definition) is 6. The highest BCUT2D eigenvalue weighted by Gasteiger charge is 2.13. The van der Waals surface area contributed by atoms with Gasteiger partial charge < -0.3 is 0 Å². The third kappa shape index (κ3) is 4.56. The van der Waals surface area contributed by atoms with Crippen LogP contribution in [0.3, 0.4) is 0 Å². The first-order chi connectivity index (χ1) is 15.9. The fraction of sp³-hybridized carbons (Fsp3) is 0.125. The largest absolute Gasteiger partial charge is 0.289 e. The third-order valence-corrected chi connectivity index (χ3v) is 7.45. The van der Waals surface area contributed by atoms with Crippen molar-refractivity contribution in [2.24, 2.45) is 7.05 Å². The van der Waals surface area contributed by atoms with Gasteiger partial charge in [0.2, 0.25) is 10.0 Å². The minimum atomic E-state index is -3.56. The normalized spacial score (nSPS) is 11.9. The molecular weight excluding hydrogens is 456 g/mol. The number of nitrogens with zero attached hydrogens (tertiary/aromatic N) is 3. The molecule has 9 heteroatoms. The van der Waals surface area contributed by atoms with Crippen LogP contribution in [-0.2, 0) is 29.4 Å². The quantitative estimate of drug-likeness (QED) is 0.402.